The topological polar surface area (TPSA) is 48.0 Å². The lowest BCUT2D eigenvalue weighted by atomic mass is 10.1. The Bertz CT molecular complexity index is 600. The number of nitrogens with zero attached hydrogens (tertiary/aromatic N) is 1. The second kappa shape index (κ2) is 4.09. The lowest BCUT2D eigenvalue weighted by Gasteiger charge is -2.16. The molecule has 0 spiro atoms. The van der Waals surface area contributed by atoms with E-state index in [1.807, 2.05) is 43.5 Å². The van der Waals surface area contributed by atoms with E-state index in [0.29, 0.717) is 0 Å². The van der Waals surface area contributed by atoms with Gasteiger partial charge in [-0.15, -0.1) is 0 Å². The highest BCUT2D eigenvalue weighted by molar-refractivity contribution is 5.60. The molecule has 0 aliphatic heterocycles. The zero-order chi connectivity index (χ0) is 12.6. The normalized spacial score (nSPS) is 10.5. The molecule has 0 fully saturated rings. The smallest absolute Gasteiger partial charge is 0.182 e. The molecule has 3 heteroatoms. The minimum atomic E-state index is 0.0296. The Morgan fingerprint density at radius 3 is 2.12 bits per heavy atom. The van der Waals surface area contributed by atoms with Crippen LogP contribution >= 0.6 is 0 Å². The maximum atomic E-state index is 11.4. The van der Waals surface area contributed by atoms with Crippen molar-refractivity contribution in [2.24, 2.45) is 0 Å². The fourth-order valence-corrected chi connectivity index (χ4v) is 2.12. The van der Waals surface area contributed by atoms with Crippen molar-refractivity contribution in [3.8, 4) is 5.69 Å². The van der Waals surface area contributed by atoms with Crippen LogP contribution in [0.15, 0.2) is 35.1 Å². The number of nitrogens with two attached hydrogens (primary N) is 1. The first-order valence-corrected chi connectivity index (χ1v) is 5.56. The number of aromatic nitrogens is 1. The summed E-state index contributed by atoms with van der Waals surface area (Å²) < 4.78 is 2.00. The first kappa shape index (κ1) is 11.5. The molecule has 1 aromatic carbocycles. The predicted molar refractivity (Wildman–Crippen MR) is 70.7 cm³/mol. The molecule has 88 valence electrons. The number of aryl methyl sites for hydroxylation is 3. The Balaban J connectivity index is 2.73. The summed E-state index contributed by atoms with van der Waals surface area (Å²) in [6.45, 7) is 5.83. The molecule has 2 N–H and O–H groups in total. The largest absolute Gasteiger partial charge is 0.397 e. The summed E-state index contributed by atoms with van der Waals surface area (Å²) in [6.07, 6.45) is 0. The Morgan fingerprint density at radius 2 is 1.59 bits per heavy atom. The molecule has 1 heterocycles. The van der Waals surface area contributed by atoms with E-state index in [1.54, 1.807) is 12.1 Å². The molecule has 0 unspecified atom stereocenters. The van der Waals surface area contributed by atoms with Gasteiger partial charge in [-0.3, -0.25) is 4.79 Å². The molecule has 0 atom stereocenters. The van der Waals surface area contributed by atoms with Gasteiger partial charge in [0.15, 0.2) is 5.43 Å². The van der Waals surface area contributed by atoms with Crippen LogP contribution in [0.3, 0.4) is 0 Å². The Morgan fingerprint density at radius 1 is 1.00 bits per heavy atom. The quantitative estimate of drug-likeness (QED) is 0.761. The maximum Gasteiger partial charge on any atom is 0.182 e. The Hall–Kier alpha value is -2.03. The summed E-state index contributed by atoms with van der Waals surface area (Å²) in [4.78, 5) is 11.4. The van der Waals surface area contributed by atoms with Crippen molar-refractivity contribution in [2.45, 2.75) is 20.8 Å². The van der Waals surface area contributed by atoms with E-state index < -0.39 is 0 Å². The van der Waals surface area contributed by atoms with Crippen LogP contribution in [0, 0.1) is 20.8 Å². The molecule has 2 aromatic rings. The highest BCUT2D eigenvalue weighted by Gasteiger charge is 2.07. The van der Waals surface area contributed by atoms with Gasteiger partial charge < -0.3 is 10.3 Å². The van der Waals surface area contributed by atoms with E-state index in [0.717, 1.165) is 28.3 Å². The van der Waals surface area contributed by atoms with Crippen molar-refractivity contribution in [3.63, 3.8) is 0 Å². The van der Waals surface area contributed by atoms with Gasteiger partial charge in [0.05, 0.1) is 11.4 Å². The monoisotopic (exact) mass is 228 g/mol. The van der Waals surface area contributed by atoms with Crippen molar-refractivity contribution < 1.29 is 0 Å². The summed E-state index contributed by atoms with van der Waals surface area (Å²) in [5.41, 5.74) is 10.6. The van der Waals surface area contributed by atoms with Gasteiger partial charge in [-0.2, -0.15) is 0 Å². The number of nitrogen functional groups attached to an aromatic ring is 1. The molecule has 0 saturated heterocycles. The minimum Gasteiger partial charge on any atom is -0.397 e. The number of rotatable bonds is 1. The van der Waals surface area contributed by atoms with Crippen molar-refractivity contribution in [3.05, 3.63) is 57.5 Å². The number of anilines is 1. The second-order valence-corrected chi connectivity index (χ2v) is 4.37. The van der Waals surface area contributed by atoms with Crippen molar-refractivity contribution >= 4 is 5.69 Å². The van der Waals surface area contributed by atoms with Crippen molar-refractivity contribution in [1.29, 1.82) is 0 Å². The molecule has 0 aliphatic rings. The third kappa shape index (κ3) is 2.09. The van der Waals surface area contributed by atoms with Crippen LogP contribution < -0.4 is 11.2 Å². The van der Waals surface area contributed by atoms with Gasteiger partial charge in [0.1, 0.15) is 0 Å². The predicted octanol–water partition coefficient (Wildman–Crippen LogP) is 2.34. The van der Waals surface area contributed by atoms with E-state index in [-0.39, 0.29) is 5.43 Å². The van der Waals surface area contributed by atoms with Crippen LogP contribution in [-0.4, -0.2) is 4.57 Å². The molecule has 0 bridgehead atoms. The molecular formula is C14H16N2O. The van der Waals surface area contributed by atoms with Gasteiger partial charge in [0.2, 0.25) is 0 Å². The first-order valence-electron chi connectivity index (χ1n) is 5.56. The van der Waals surface area contributed by atoms with Gasteiger partial charge in [-0.05, 0) is 38.5 Å². The second-order valence-electron chi connectivity index (χ2n) is 4.37. The summed E-state index contributed by atoms with van der Waals surface area (Å²) in [5.74, 6) is 0. The summed E-state index contributed by atoms with van der Waals surface area (Å²) in [7, 11) is 0. The van der Waals surface area contributed by atoms with Gasteiger partial charge in [-0.1, -0.05) is 6.07 Å². The van der Waals surface area contributed by atoms with Gasteiger partial charge in [-0.25, -0.2) is 0 Å². The molecular weight excluding hydrogens is 212 g/mol. The molecule has 0 amide bonds. The molecule has 0 radical (unpaired) electrons. The minimum absolute atomic E-state index is 0.0296. The van der Waals surface area contributed by atoms with Gasteiger partial charge in [0, 0.05) is 23.5 Å². The third-order valence-electron chi connectivity index (χ3n) is 2.83. The number of pyridine rings is 1. The molecule has 17 heavy (non-hydrogen) atoms. The molecule has 2 rings (SSSR count). The van der Waals surface area contributed by atoms with Gasteiger partial charge in [0.25, 0.3) is 0 Å². The first-order chi connectivity index (χ1) is 7.99. The van der Waals surface area contributed by atoms with Crippen LogP contribution in [0.2, 0.25) is 0 Å². The zero-order valence-corrected chi connectivity index (χ0v) is 10.3. The van der Waals surface area contributed by atoms with Crippen molar-refractivity contribution in [2.75, 3.05) is 5.73 Å². The number of hydrogen-bond acceptors (Lipinski definition) is 2. The summed E-state index contributed by atoms with van der Waals surface area (Å²) >= 11 is 0. The van der Waals surface area contributed by atoms with E-state index in [1.165, 1.54) is 0 Å². The zero-order valence-electron chi connectivity index (χ0n) is 10.3. The summed E-state index contributed by atoms with van der Waals surface area (Å²) in [6, 6.07) is 9.17. The van der Waals surface area contributed by atoms with Crippen LogP contribution in [-0.2, 0) is 0 Å². The third-order valence-corrected chi connectivity index (χ3v) is 2.83. The van der Waals surface area contributed by atoms with E-state index in [9.17, 15) is 4.79 Å². The molecule has 1 aromatic heterocycles. The van der Waals surface area contributed by atoms with Crippen LogP contribution in [0.25, 0.3) is 5.69 Å². The standard InChI is InChI=1S/C14H16N2O/c1-9-4-5-14(13(15)6-9)16-10(2)7-12(17)8-11(16)3/h4-8H,15H2,1-3H3. The Kier molecular flexibility index (Phi) is 2.76. The van der Waals surface area contributed by atoms with E-state index in [2.05, 4.69) is 0 Å². The lowest BCUT2D eigenvalue weighted by Crippen LogP contribution is -2.12. The van der Waals surface area contributed by atoms with Crippen LogP contribution in [0.1, 0.15) is 17.0 Å². The lowest BCUT2D eigenvalue weighted by molar-refractivity contribution is 0.924. The summed E-state index contributed by atoms with van der Waals surface area (Å²) in [5, 5.41) is 0. The molecule has 0 aliphatic carbocycles. The van der Waals surface area contributed by atoms with Crippen LogP contribution in [0.5, 0.6) is 0 Å². The molecule has 3 nitrogen and oxygen atoms in total. The highest BCUT2D eigenvalue weighted by Crippen LogP contribution is 2.21. The fourth-order valence-electron chi connectivity index (χ4n) is 2.12. The maximum absolute atomic E-state index is 11.4. The average molecular weight is 228 g/mol. The number of hydrogen-bond donors (Lipinski definition) is 1. The SMILES string of the molecule is Cc1ccc(-n2c(C)cc(=O)cc2C)c(N)c1. The average Bonchev–Trinajstić information content (AvgIpc) is 2.19. The fraction of sp³-hybridized carbons (Fsp3) is 0.214. The van der Waals surface area contributed by atoms with Crippen molar-refractivity contribution in [1.82, 2.24) is 4.57 Å². The highest BCUT2D eigenvalue weighted by atomic mass is 16.1. The van der Waals surface area contributed by atoms with E-state index in [4.69, 9.17) is 5.73 Å². The van der Waals surface area contributed by atoms with Crippen LogP contribution in [0.4, 0.5) is 5.69 Å². The number of benzene rings is 1. The molecule has 0 saturated carbocycles. The van der Waals surface area contributed by atoms with Gasteiger partial charge >= 0.3 is 0 Å². The Labute approximate surface area is 101 Å². The van der Waals surface area contributed by atoms with E-state index >= 15 is 0 Å².